The van der Waals surface area contributed by atoms with Crippen molar-refractivity contribution in [2.45, 2.75) is 136 Å². The first-order valence-corrected chi connectivity index (χ1v) is 17.0. The van der Waals surface area contributed by atoms with Crippen molar-refractivity contribution in [2.24, 2.45) is 50.2 Å². The average molecular weight is 635 g/mol. The van der Waals surface area contributed by atoms with E-state index in [1.54, 1.807) is 6.92 Å². The van der Waals surface area contributed by atoms with Crippen LogP contribution in [-0.2, 0) is 19.1 Å². The molecule has 254 valence electrons. The summed E-state index contributed by atoms with van der Waals surface area (Å²) in [7, 11) is 0. The maximum absolute atomic E-state index is 13.2. The zero-order valence-electron chi connectivity index (χ0n) is 27.7. The number of hydrogen-bond donors (Lipinski definition) is 6. The highest BCUT2D eigenvalue weighted by atomic mass is 16.7. The van der Waals surface area contributed by atoms with E-state index in [2.05, 4.69) is 40.7 Å². The van der Waals surface area contributed by atoms with Crippen LogP contribution in [0.4, 0.5) is 0 Å². The third-order valence-corrected chi connectivity index (χ3v) is 14.9. The summed E-state index contributed by atoms with van der Waals surface area (Å²) in [6, 6.07) is 0. The quantitative estimate of drug-likeness (QED) is 0.245. The number of carbonyl (C=O) groups is 2. The Kier molecular flexibility index (Phi) is 7.76. The number of fused-ring (bicyclic) bond motifs is 7. The van der Waals surface area contributed by atoms with Gasteiger partial charge in [-0.2, -0.15) is 0 Å². The van der Waals surface area contributed by atoms with Crippen LogP contribution in [0.5, 0.6) is 0 Å². The SMILES string of the molecule is CC1(C)CC[C@]2(C(=O)O)[C@H](O)C[C@]3(C)C(=CC[C@@H]4[C@@]5(C)CC[C@H](O[C@@H]6O[C@@H](CO)[C@H](O)[C@H]6O)[C@@](C)(C(=O)O)[C@@H]5CC[C@]43C)[C@@H]2C1. The molecule has 45 heavy (non-hydrogen) atoms. The number of rotatable bonds is 5. The number of aliphatic carboxylic acids is 2. The highest BCUT2D eigenvalue weighted by molar-refractivity contribution is 5.78. The molecule has 0 unspecified atom stereocenters. The van der Waals surface area contributed by atoms with Crippen LogP contribution >= 0.6 is 0 Å². The molecule has 4 saturated carbocycles. The Balaban J connectivity index is 1.36. The van der Waals surface area contributed by atoms with E-state index in [0.29, 0.717) is 32.1 Å². The van der Waals surface area contributed by atoms with Gasteiger partial charge in [0, 0.05) is 0 Å². The molecule has 10 nitrogen and oxygen atoms in total. The van der Waals surface area contributed by atoms with Gasteiger partial charge in [0.1, 0.15) is 23.7 Å². The van der Waals surface area contributed by atoms with Crippen molar-refractivity contribution in [3.63, 3.8) is 0 Å². The van der Waals surface area contributed by atoms with E-state index in [-0.39, 0.29) is 34.0 Å². The summed E-state index contributed by atoms with van der Waals surface area (Å²) in [5, 5.41) is 63.7. The molecule has 5 fully saturated rings. The monoisotopic (exact) mass is 634 g/mol. The lowest BCUT2D eigenvalue weighted by molar-refractivity contribution is -0.264. The van der Waals surface area contributed by atoms with E-state index in [9.17, 15) is 40.2 Å². The number of carboxylic acid groups (broad SMARTS) is 2. The fraction of sp³-hybridized carbons (Fsp3) is 0.886. The van der Waals surface area contributed by atoms with Gasteiger partial charge in [-0.3, -0.25) is 9.59 Å². The summed E-state index contributed by atoms with van der Waals surface area (Å²) in [5.41, 5.74) is -2.44. The molecule has 0 aromatic carbocycles. The first kappa shape index (κ1) is 33.3. The number of aliphatic hydroxyl groups is 4. The second-order valence-corrected chi connectivity index (χ2v) is 17.2. The Labute approximate surface area is 266 Å². The van der Waals surface area contributed by atoms with Gasteiger partial charge in [-0.25, -0.2) is 0 Å². The lowest BCUT2D eigenvalue weighted by Crippen LogP contribution is -2.68. The summed E-state index contributed by atoms with van der Waals surface area (Å²) in [6.07, 6.45) is 1.09. The van der Waals surface area contributed by atoms with E-state index >= 15 is 0 Å². The second-order valence-electron chi connectivity index (χ2n) is 17.2. The van der Waals surface area contributed by atoms with Gasteiger partial charge in [0.15, 0.2) is 6.29 Å². The van der Waals surface area contributed by atoms with Gasteiger partial charge in [-0.1, -0.05) is 46.3 Å². The summed E-state index contributed by atoms with van der Waals surface area (Å²) < 4.78 is 11.8. The van der Waals surface area contributed by atoms with Crippen molar-refractivity contribution in [2.75, 3.05) is 6.61 Å². The van der Waals surface area contributed by atoms with Crippen LogP contribution in [0, 0.1) is 50.2 Å². The van der Waals surface area contributed by atoms with Crippen LogP contribution in [0.15, 0.2) is 11.6 Å². The maximum atomic E-state index is 13.2. The van der Waals surface area contributed by atoms with E-state index in [1.165, 1.54) is 5.57 Å². The molecule has 1 aliphatic heterocycles. The molecule has 6 rings (SSSR count). The standard InChI is InChI=1S/C35H54O10/c1-30(2)13-14-35(29(42)43)19(15-30)18-7-8-21-31(3)11-10-24(45-27-26(39)25(38)20(17-36)44-27)34(6,28(40)41)22(31)9-12-32(21,4)33(18,5)16-23(35)37/h7,19-27,36-39H,8-17H2,1-6H3,(H,40,41)(H,42,43)/t19-,20-,21+,22+,23+,24-,25-,26+,27-,31+,32+,33+,34-,35+/m0/s1. The molecule has 0 radical (unpaired) electrons. The first-order chi connectivity index (χ1) is 20.8. The fourth-order valence-corrected chi connectivity index (χ4v) is 12.0. The van der Waals surface area contributed by atoms with E-state index < -0.39 is 71.6 Å². The molecule has 10 heteroatoms. The van der Waals surface area contributed by atoms with Gasteiger partial charge in [-0.05, 0) is 104 Å². The molecule has 1 heterocycles. The molecule has 6 N–H and O–H groups in total. The summed E-state index contributed by atoms with van der Waals surface area (Å²) in [5.74, 6) is -2.27. The Morgan fingerprint density at radius 1 is 0.889 bits per heavy atom. The molecule has 6 aliphatic rings. The largest absolute Gasteiger partial charge is 0.481 e. The molecule has 0 amide bonds. The summed E-state index contributed by atoms with van der Waals surface area (Å²) in [6.45, 7) is 12.4. The van der Waals surface area contributed by atoms with Crippen molar-refractivity contribution >= 4 is 11.9 Å². The van der Waals surface area contributed by atoms with Gasteiger partial charge in [0.25, 0.3) is 0 Å². The third-order valence-electron chi connectivity index (χ3n) is 14.9. The number of hydrogen-bond acceptors (Lipinski definition) is 8. The number of carboxylic acids is 2. The number of ether oxygens (including phenoxy) is 2. The van der Waals surface area contributed by atoms with Crippen LogP contribution in [0.25, 0.3) is 0 Å². The third kappa shape index (κ3) is 4.27. The topological polar surface area (TPSA) is 174 Å². The smallest absolute Gasteiger partial charge is 0.312 e. The van der Waals surface area contributed by atoms with Gasteiger partial charge in [-0.15, -0.1) is 0 Å². The fourth-order valence-electron chi connectivity index (χ4n) is 12.0. The predicted octanol–water partition coefficient (Wildman–Crippen LogP) is 3.73. The lowest BCUT2D eigenvalue weighted by Gasteiger charge is -2.71. The molecule has 1 saturated heterocycles. The van der Waals surface area contributed by atoms with E-state index in [4.69, 9.17) is 9.47 Å². The Morgan fingerprint density at radius 3 is 2.18 bits per heavy atom. The minimum atomic E-state index is -1.40. The van der Waals surface area contributed by atoms with Crippen LogP contribution < -0.4 is 0 Å². The van der Waals surface area contributed by atoms with Gasteiger partial charge >= 0.3 is 11.9 Å². The van der Waals surface area contributed by atoms with E-state index in [1.807, 2.05) is 0 Å². The predicted molar refractivity (Wildman–Crippen MR) is 163 cm³/mol. The van der Waals surface area contributed by atoms with Crippen molar-refractivity contribution in [3.05, 3.63) is 11.6 Å². The molecular formula is C35H54O10. The van der Waals surface area contributed by atoms with Crippen LogP contribution in [0.2, 0.25) is 0 Å². The summed E-state index contributed by atoms with van der Waals surface area (Å²) in [4.78, 5) is 26.2. The van der Waals surface area contributed by atoms with E-state index in [0.717, 1.165) is 25.7 Å². The second kappa shape index (κ2) is 10.5. The first-order valence-electron chi connectivity index (χ1n) is 17.0. The highest BCUT2D eigenvalue weighted by Gasteiger charge is 2.72. The van der Waals surface area contributed by atoms with Crippen molar-refractivity contribution < 1.29 is 49.7 Å². The maximum Gasteiger partial charge on any atom is 0.312 e. The summed E-state index contributed by atoms with van der Waals surface area (Å²) >= 11 is 0. The minimum Gasteiger partial charge on any atom is -0.481 e. The minimum absolute atomic E-state index is 0.0324. The Morgan fingerprint density at radius 2 is 1.58 bits per heavy atom. The molecule has 0 bridgehead atoms. The molecule has 5 aliphatic carbocycles. The Bertz CT molecular complexity index is 1260. The molecule has 14 atom stereocenters. The molecular weight excluding hydrogens is 580 g/mol. The van der Waals surface area contributed by atoms with Gasteiger partial charge < -0.3 is 40.1 Å². The van der Waals surface area contributed by atoms with Crippen LogP contribution in [0.3, 0.4) is 0 Å². The van der Waals surface area contributed by atoms with Crippen molar-refractivity contribution in [1.82, 2.24) is 0 Å². The van der Waals surface area contributed by atoms with Gasteiger partial charge in [0.2, 0.25) is 0 Å². The van der Waals surface area contributed by atoms with Crippen LogP contribution in [-0.4, -0.2) is 86.0 Å². The Hall–Kier alpha value is -1.56. The zero-order valence-corrected chi connectivity index (χ0v) is 27.7. The van der Waals surface area contributed by atoms with Crippen molar-refractivity contribution in [3.8, 4) is 0 Å². The van der Waals surface area contributed by atoms with Gasteiger partial charge in [0.05, 0.1) is 24.2 Å². The molecule has 0 aromatic rings. The molecule has 0 aromatic heterocycles. The highest BCUT2D eigenvalue weighted by Crippen LogP contribution is 2.76. The number of allylic oxidation sites excluding steroid dienone is 2. The molecule has 0 spiro atoms. The lowest BCUT2D eigenvalue weighted by atomic mass is 9.33. The average Bonchev–Trinajstić information content (AvgIpc) is 3.22. The number of aliphatic hydroxyl groups excluding tert-OH is 4. The zero-order chi connectivity index (χ0) is 33.1. The normalized spacial score (nSPS) is 53.7. The van der Waals surface area contributed by atoms with Crippen LogP contribution in [0.1, 0.15) is 99.3 Å². The van der Waals surface area contributed by atoms with Crippen molar-refractivity contribution in [1.29, 1.82) is 0 Å².